The van der Waals surface area contributed by atoms with E-state index in [-0.39, 0.29) is 12.5 Å². The summed E-state index contributed by atoms with van der Waals surface area (Å²) < 4.78 is 12.2. The van der Waals surface area contributed by atoms with Crippen molar-refractivity contribution in [1.82, 2.24) is 5.32 Å². The van der Waals surface area contributed by atoms with Crippen LogP contribution in [0.25, 0.3) is 11.1 Å². The first-order valence-electron chi connectivity index (χ1n) is 14.2. The van der Waals surface area contributed by atoms with Gasteiger partial charge < -0.3 is 19.9 Å². The lowest BCUT2D eigenvalue weighted by Gasteiger charge is -2.30. The minimum atomic E-state index is -1.24. The van der Waals surface area contributed by atoms with Gasteiger partial charge in [0.05, 0.1) is 6.61 Å². The van der Waals surface area contributed by atoms with Gasteiger partial charge in [0.25, 0.3) is 5.91 Å². The van der Waals surface area contributed by atoms with Crippen LogP contribution in [-0.4, -0.2) is 35.7 Å². The first kappa shape index (κ1) is 28.8. The van der Waals surface area contributed by atoms with Crippen LogP contribution in [0.1, 0.15) is 41.2 Å². The van der Waals surface area contributed by atoms with Crippen molar-refractivity contribution in [3.05, 3.63) is 138 Å². The number of aliphatic hydroxyl groups excluding tert-OH is 1. The normalized spacial score (nSPS) is 17.7. The summed E-state index contributed by atoms with van der Waals surface area (Å²) in [6, 6.07) is 33.8. The first-order chi connectivity index (χ1) is 20.5. The highest BCUT2D eigenvalue weighted by atomic mass is 16.5. The third-order valence-corrected chi connectivity index (χ3v) is 7.34. The highest BCUT2D eigenvalue weighted by Crippen LogP contribution is 2.43. The maximum atomic E-state index is 14.1. The lowest BCUT2D eigenvalue weighted by atomic mass is 9.84. The zero-order valence-corrected chi connectivity index (χ0v) is 23.8. The highest BCUT2D eigenvalue weighted by molar-refractivity contribution is 6.01. The largest absolute Gasteiger partial charge is 0.494 e. The molecule has 2 N–H and O–H groups in total. The number of amides is 1. The molecule has 0 fully saturated rings. The number of ether oxygens (including phenoxy) is 2. The number of hydrogen-bond donors (Lipinski definition) is 2. The monoisotopic (exact) mass is 560 g/mol. The second kappa shape index (κ2) is 13.3. The molecular weight excluding hydrogens is 524 g/mol. The van der Waals surface area contributed by atoms with E-state index in [1.54, 1.807) is 6.08 Å². The summed E-state index contributed by atoms with van der Waals surface area (Å²) >= 11 is 0. The van der Waals surface area contributed by atoms with Crippen molar-refractivity contribution in [3.63, 3.8) is 0 Å². The van der Waals surface area contributed by atoms with Gasteiger partial charge in [0, 0.05) is 31.6 Å². The van der Waals surface area contributed by atoms with E-state index in [1.807, 2.05) is 91.9 Å². The molecule has 0 aromatic heterocycles. The molecule has 4 aromatic carbocycles. The Labute approximate surface area is 247 Å². The van der Waals surface area contributed by atoms with Gasteiger partial charge in [-0.3, -0.25) is 4.79 Å². The molecule has 0 bridgehead atoms. The van der Waals surface area contributed by atoms with Gasteiger partial charge in [0.2, 0.25) is 5.90 Å². The molecule has 0 aliphatic carbocycles. The SMILES string of the molecule is C=CC[C@@]1(C(=O)NCc2cccc(C)c2)N=C(c2ccc(OCCCO)cc2)O[C@@H]1c1ccc(-c2ccccc2)cc1. The Balaban J connectivity index is 1.47. The van der Waals surface area contributed by atoms with Crippen LogP contribution in [0.5, 0.6) is 5.75 Å². The maximum absolute atomic E-state index is 14.1. The number of aliphatic imine (C=N–C) groups is 1. The average Bonchev–Trinajstić information content (AvgIpc) is 3.41. The van der Waals surface area contributed by atoms with Crippen LogP contribution in [0.4, 0.5) is 0 Å². The Morgan fingerprint density at radius 1 is 0.976 bits per heavy atom. The van der Waals surface area contributed by atoms with Crippen LogP contribution < -0.4 is 10.1 Å². The van der Waals surface area contributed by atoms with Crippen molar-refractivity contribution in [2.75, 3.05) is 13.2 Å². The molecule has 0 saturated heterocycles. The molecule has 2 atom stereocenters. The van der Waals surface area contributed by atoms with Crippen molar-refractivity contribution < 1.29 is 19.4 Å². The number of rotatable bonds is 12. The van der Waals surface area contributed by atoms with E-state index >= 15 is 0 Å². The number of carbonyl (C=O) groups is 1. The summed E-state index contributed by atoms with van der Waals surface area (Å²) in [6.07, 6.45) is 1.92. The Morgan fingerprint density at radius 3 is 2.38 bits per heavy atom. The maximum Gasteiger partial charge on any atom is 0.252 e. The van der Waals surface area contributed by atoms with Crippen LogP contribution in [0.2, 0.25) is 0 Å². The smallest absolute Gasteiger partial charge is 0.252 e. The van der Waals surface area contributed by atoms with Gasteiger partial charge in [-0.05, 0) is 53.4 Å². The molecule has 6 heteroatoms. The molecular formula is C36H36N2O4. The van der Waals surface area contributed by atoms with Crippen LogP contribution in [0.3, 0.4) is 0 Å². The van der Waals surface area contributed by atoms with Crippen LogP contribution in [0, 0.1) is 6.92 Å². The zero-order chi connectivity index (χ0) is 29.4. The van der Waals surface area contributed by atoms with Crippen LogP contribution >= 0.6 is 0 Å². The molecule has 0 unspecified atom stereocenters. The fourth-order valence-corrected chi connectivity index (χ4v) is 5.17. The molecule has 4 aromatic rings. The molecule has 6 nitrogen and oxygen atoms in total. The van der Waals surface area contributed by atoms with E-state index in [0.29, 0.717) is 37.6 Å². The van der Waals surface area contributed by atoms with Gasteiger partial charge in [-0.25, -0.2) is 4.99 Å². The second-order valence-corrected chi connectivity index (χ2v) is 10.4. The Hall–Kier alpha value is -4.68. The van der Waals surface area contributed by atoms with Crippen molar-refractivity contribution in [2.24, 2.45) is 4.99 Å². The van der Waals surface area contributed by atoms with Gasteiger partial charge in [-0.1, -0.05) is 90.5 Å². The zero-order valence-electron chi connectivity index (χ0n) is 23.8. The topological polar surface area (TPSA) is 80.2 Å². The molecule has 0 saturated carbocycles. The quantitative estimate of drug-likeness (QED) is 0.152. The average molecular weight is 561 g/mol. The summed E-state index contributed by atoms with van der Waals surface area (Å²) in [5.74, 6) is 0.855. The number of aryl methyl sites for hydroxylation is 1. The summed E-state index contributed by atoms with van der Waals surface area (Å²) in [7, 11) is 0. The van der Waals surface area contributed by atoms with Crippen LogP contribution in [-0.2, 0) is 16.1 Å². The number of nitrogens with one attached hydrogen (secondary N) is 1. The summed E-state index contributed by atoms with van der Waals surface area (Å²) in [5.41, 5.74) is 4.69. The standard InChI is InChI=1S/C36H36N2O4/c1-3-21-36(35(40)37-25-27-10-7-9-26(2)24-27)33(30-15-13-29(14-16-30)28-11-5-4-6-12-28)42-34(38-36)31-17-19-32(20-18-31)41-23-8-22-39/h3-7,9-20,24,33,39H,1,8,21-23,25H2,2H3,(H,37,40)/t33-,36-/m1/s1. The fourth-order valence-electron chi connectivity index (χ4n) is 5.17. The van der Waals surface area contributed by atoms with E-state index < -0.39 is 11.6 Å². The predicted octanol–water partition coefficient (Wildman–Crippen LogP) is 6.57. The van der Waals surface area contributed by atoms with Crippen molar-refractivity contribution >= 4 is 11.8 Å². The van der Waals surface area contributed by atoms with Gasteiger partial charge in [-0.2, -0.15) is 0 Å². The molecule has 1 aliphatic rings. The number of aliphatic hydroxyl groups is 1. The van der Waals surface area contributed by atoms with Gasteiger partial charge >= 0.3 is 0 Å². The van der Waals surface area contributed by atoms with Crippen molar-refractivity contribution in [1.29, 1.82) is 0 Å². The molecule has 5 rings (SSSR count). The second-order valence-electron chi connectivity index (χ2n) is 10.4. The minimum absolute atomic E-state index is 0.0772. The van der Waals surface area contributed by atoms with Gasteiger partial charge in [0.15, 0.2) is 11.6 Å². The Bertz CT molecular complexity index is 1530. The molecule has 1 aliphatic heterocycles. The minimum Gasteiger partial charge on any atom is -0.494 e. The van der Waals surface area contributed by atoms with E-state index in [4.69, 9.17) is 19.6 Å². The third-order valence-electron chi connectivity index (χ3n) is 7.34. The molecule has 1 heterocycles. The van der Waals surface area contributed by atoms with E-state index in [2.05, 4.69) is 30.1 Å². The van der Waals surface area contributed by atoms with E-state index in [9.17, 15) is 4.79 Å². The van der Waals surface area contributed by atoms with Crippen molar-refractivity contribution in [2.45, 2.75) is 38.0 Å². The summed E-state index contributed by atoms with van der Waals surface area (Å²) in [4.78, 5) is 19.1. The molecule has 214 valence electrons. The van der Waals surface area contributed by atoms with Gasteiger partial charge in [0.1, 0.15) is 5.75 Å². The number of carbonyl (C=O) groups excluding carboxylic acids is 1. The summed E-state index contributed by atoms with van der Waals surface area (Å²) in [5, 5.41) is 12.2. The first-order valence-corrected chi connectivity index (χ1v) is 14.2. The number of benzene rings is 4. The number of hydrogen-bond acceptors (Lipinski definition) is 5. The van der Waals surface area contributed by atoms with Gasteiger partial charge in [-0.15, -0.1) is 6.58 Å². The lowest BCUT2D eigenvalue weighted by molar-refractivity contribution is -0.129. The lowest BCUT2D eigenvalue weighted by Crippen LogP contribution is -2.47. The van der Waals surface area contributed by atoms with E-state index in [1.165, 1.54) is 0 Å². The Morgan fingerprint density at radius 2 is 1.69 bits per heavy atom. The van der Waals surface area contributed by atoms with Crippen molar-refractivity contribution in [3.8, 4) is 16.9 Å². The fraction of sp³-hybridized carbons (Fsp3) is 0.222. The third kappa shape index (κ3) is 6.45. The number of nitrogens with zero attached hydrogens (tertiary/aromatic N) is 1. The summed E-state index contributed by atoms with van der Waals surface area (Å²) in [6.45, 7) is 6.89. The molecule has 0 radical (unpaired) electrons. The molecule has 0 spiro atoms. The predicted molar refractivity (Wildman–Crippen MR) is 166 cm³/mol. The van der Waals surface area contributed by atoms with Crippen LogP contribution in [0.15, 0.2) is 121 Å². The molecule has 42 heavy (non-hydrogen) atoms. The molecule has 1 amide bonds. The Kier molecular flexibility index (Phi) is 9.15. The van der Waals surface area contributed by atoms with E-state index in [0.717, 1.165) is 33.4 Å². The highest BCUT2D eigenvalue weighted by Gasteiger charge is 2.52.